The van der Waals surface area contributed by atoms with Crippen molar-refractivity contribution >= 4 is 39.1 Å². The number of aryl methyl sites for hydroxylation is 1. The standard InChI is InChI=1S/C19H20Cl2N2O3S/c20-16-7-4-15(5-8-16)6-9-19(24)22-10-12-23(13-11-22)27(25,26)18-3-1-2-17(21)14-18/h1-5,7-8,14H,6,9-13H2. The second kappa shape index (κ2) is 8.61. The van der Waals surface area contributed by atoms with Crippen LogP contribution in [0, 0.1) is 0 Å². The zero-order chi connectivity index (χ0) is 19.4. The summed E-state index contributed by atoms with van der Waals surface area (Å²) in [6, 6.07) is 13.7. The Hall–Kier alpha value is -1.60. The highest BCUT2D eigenvalue weighted by atomic mass is 35.5. The number of carbonyl (C=O) groups excluding carboxylic acids is 1. The van der Waals surface area contributed by atoms with E-state index in [-0.39, 0.29) is 23.9 Å². The summed E-state index contributed by atoms with van der Waals surface area (Å²) < 4.78 is 26.8. The Balaban J connectivity index is 1.55. The van der Waals surface area contributed by atoms with E-state index in [1.54, 1.807) is 29.2 Å². The smallest absolute Gasteiger partial charge is 0.243 e. The highest BCUT2D eigenvalue weighted by Crippen LogP contribution is 2.21. The first-order valence-electron chi connectivity index (χ1n) is 8.64. The molecule has 3 rings (SSSR count). The van der Waals surface area contributed by atoms with Crippen LogP contribution in [0.5, 0.6) is 0 Å². The molecule has 27 heavy (non-hydrogen) atoms. The van der Waals surface area contributed by atoms with E-state index in [1.165, 1.54) is 16.4 Å². The SMILES string of the molecule is O=C(CCc1ccc(Cl)cc1)N1CCN(S(=O)(=O)c2cccc(Cl)c2)CC1. The Labute approximate surface area is 169 Å². The van der Waals surface area contributed by atoms with Crippen LogP contribution in [0.4, 0.5) is 0 Å². The fraction of sp³-hybridized carbons (Fsp3) is 0.316. The van der Waals surface area contributed by atoms with Crippen LogP contribution in [0.2, 0.25) is 10.0 Å². The van der Waals surface area contributed by atoms with E-state index in [9.17, 15) is 13.2 Å². The van der Waals surface area contributed by atoms with Crippen molar-refractivity contribution in [2.24, 2.45) is 0 Å². The van der Waals surface area contributed by atoms with E-state index in [0.717, 1.165) is 5.56 Å². The molecule has 144 valence electrons. The van der Waals surface area contributed by atoms with Gasteiger partial charge >= 0.3 is 0 Å². The van der Waals surface area contributed by atoms with Crippen LogP contribution in [-0.4, -0.2) is 49.7 Å². The maximum Gasteiger partial charge on any atom is 0.243 e. The quantitative estimate of drug-likeness (QED) is 0.735. The highest BCUT2D eigenvalue weighted by Gasteiger charge is 2.30. The molecular weight excluding hydrogens is 407 g/mol. The Morgan fingerprint density at radius 3 is 2.22 bits per heavy atom. The molecule has 1 amide bonds. The van der Waals surface area contributed by atoms with Gasteiger partial charge in [0.15, 0.2) is 0 Å². The third-order valence-electron chi connectivity index (χ3n) is 4.57. The third kappa shape index (κ3) is 5.02. The van der Waals surface area contributed by atoms with Crippen LogP contribution in [0.1, 0.15) is 12.0 Å². The van der Waals surface area contributed by atoms with Crippen molar-refractivity contribution in [2.75, 3.05) is 26.2 Å². The van der Waals surface area contributed by atoms with Gasteiger partial charge in [-0.25, -0.2) is 8.42 Å². The summed E-state index contributed by atoms with van der Waals surface area (Å²) in [6.07, 6.45) is 1.03. The zero-order valence-corrected chi connectivity index (χ0v) is 17.0. The highest BCUT2D eigenvalue weighted by molar-refractivity contribution is 7.89. The fourth-order valence-corrected chi connectivity index (χ4v) is 4.86. The van der Waals surface area contributed by atoms with Crippen molar-refractivity contribution in [3.8, 4) is 0 Å². The molecule has 1 heterocycles. The zero-order valence-electron chi connectivity index (χ0n) is 14.6. The molecule has 1 fully saturated rings. The van der Waals surface area contributed by atoms with Gasteiger partial charge in [-0.3, -0.25) is 4.79 Å². The molecule has 8 heteroatoms. The average molecular weight is 427 g/mol. The number of carbonyl (C=O) groups is 1. The molecule has 5 nitrogen and oxygen atoms in total. The number of amides is 1. The van der Waals surface area contributed by atoms with E-state index in [1.807, 2.05) is 12.1 Å². The number of piperazine rings is 1. The van der Waals surface area contributed by atoms with E-state index in [4.69, 9.17) is 23.2 Å². The number of hydrogen-bond acceptors (Lipinski definition) is 3. The van der Waals surface area contributed by atoms with Crippen molar-refractivity contribution in [3.63, 3.8) is 0 Å². The number of rotatable bonds is 5. The van der Waals surface area contributed by atoms with Gasteiger partial charge < -0.3 is 4.90 Å². The lowest BCUT2D eigenvalue weighted by atomic mass is 10.1. The lowest BCUT2D eigenvalue weighted by Crippen LogP contribution is -2.50. The van der Waals surface area contributed by atoms with Gasteiger partial charge in [-0.05, 0) is 42.3 Å². The molecule has 0 atom stereocenters. The predicted octanol–water partition coefficient (Wildman–Crippen LogP) is 3.46. The van der Waals surface area contributed by atoms with Crippen molar-refractivity contribution in [1.82, 2.24) is 9.21 Å². The van der Waals surface area contributed by atoms with Gasteiger partial charge in [-0.1, -0.05) is 41.4 Å². The van der Waals surface area contributed by atoms with Crippen LogP contribution in [0.3, 0.4) is 0 Å². The number of nitrogens with zero attached hydrogens (tertiary/aromatic N) is 2. The second-order valence-electron chi connectivity index (χ2n) is 6.37. The molecule has 2 aromatic carbocycles. The minimum Gasteiger partial charge on any atom is -0.340 e. The minimum atomic E-state index is -3.59. The lowest BCUT2D eigenvalue weighted by Gasteiger charge is -2.34. The summed E-state index contributed by atoms with van der Waals surface area (Å²) in [4.78, 5) is 14.3. The topological polar surface area (TPSA) is 57.7 Å². The van der Waals surface area contributed by atoms with E-state index in [2.05, 4.69) is 0 Å². The molecule has 0 N–H and O–H groups in total. The van der Waals surface area contributed by atoms with Crippen LogP contribution in [-0.2, 0) is 21.2 Å². The Morgan fingerprint density at radius 1 is 0.926 bits per heavy atom. The Morgan fingerprint density at radius 2 is 1.59 bits per heavy atom. The van der Waals surface area contributed by atoms with E-state index < -0.39 is 10.0 Å². The maximum absolute atomic E-state index is 12.7. The first-order chi connectivity index (χ1) is 12.9. The molecule has 0 radical (unpaired) electrons. The maximum atomic E-state index is 12.7. The Bertz CT molecular complexity index is 909. The molecule has 1 aliphatic rings. The summed E-state index contributed by atoms with van der Waals surface area (Å²) in [7, 11) is -3.59. The van der Waals surface area contributed by atoms with Crippen molar-refractivity contribution in [1.29, 1.82) is 0 Å². The van der Waals surface area contributed by atoms with Crippen molar-refractivity contribution in [2.45, 2.75) is 17.7 Å². The van der Waals surface area contributed by atoms with Gasteiger partial charge in [0.1, 0.15) is 0 Å². The van der Waals surface area contributed by atoms with Crippen molar-refractivity contribution < 1.29 is 13.2 Å². The lowest BCUT2D eigenvalue weighted by molar-refractivity contribution is -0.132. The normalized spacial score (nSPS) is 15.7. The monoisotopic (exact) mass is 426 g/mol. The van der Waals surface area contributed by atoms with Crippen LogP contribution in [0.25, 0.3) is 0 Å². The molecule has 1 aliphatic heterocycles. The van der Waals surface area contributed by atoms with Crippen LogP contribution >= 0.6 is 23.2 Å². The first-order valence-corrected chi connectivity index (χ1v) is 10.8. The number of hydrogen-bond donors (Lipinski definition) is 0. The van der Waals surface area contributed by atoms with Gasteiger partial charge in [0.25, 0.3) is 0 Å². The molecule has 0 unspecified atom stereocenters. The first kappa shape index (κ1) is 20.1. The largest absolute Gasteiger partial charge is 0.340 e. The molecule has 0 aliphatic carbocycles. The molecule has 2 aromatic rings. The number of benzene rings is 2. The molecule has 1 saturated heterocycles. The van der Waals surface area contributed by atoms with Gasteiger partial charge in [0.05, 0.1) is 4.90 Å². The van der Waals surface area contributed by atoms with Gasteiger partial charge in [-0.15, -0.1) is 0 Å². The molecular formula is C19H20Cl2N2O3S. The van der Waals surface area contributed by atoms with E-state index >= 15 is 0 Å². The number of halogens is 2. The minimum absolute atomic E-state index is 0.0322. The van der Waals surface area contributed by atoms with Gasteiger partial charge in [-0.2, -0.15) is 4.31 Å². The Kier molecular flexibility index (Phi) is 6.42. The third-order valence-corrected chi connectivity index (χ3v) is 6.95. The molecule has 0 spiro atoms. The van der Waals surface area contributed by atoms with Gasteiger partial charge in [0.2, 0.25) is 15.9 Å². The van der Waals surface area contributed by atoms with Crippen LogP contribution in [0.15, 0.2) is 53.4 Å². The average Bonchev–Trinajstić information content (AvgIpc) is 2.67. The summed E-state index contributed by atoms with van der Waals surface area (Å²) in [5.74, 6) is 0.0322. The molecule has 0 bridgehead atoms. The second-order valence-corrected chi connectivity index (χ2v) is 9.18. The van der Waals surface area contributed by atoms with Crippen LogP contribution < -0.4 is 0 Å². The molecule has 0 saturated carbocycles. The summed E-state index contributed by atoms with van der Waals surface area (Å²) in [6.45, 7) is 1.33. The summed E-state index contributed by atoms with van der Waals surface area (Å²) in [5, 5.41) is 1.05. The van der Waals surface area contributed by atoms with Gasteiger partial charge in [0, 0.05) is 42.6 Å². The summed E-state index contributed by atoms with van der Waals surface area (Å²) in [5.41, 5.74) is 1.05. The molecule has 0 aromatic heterocycles. The summed E-state index contributed by atoms with van der Waals surface area (Å²) >= 11 is 11.8. The predicted molar refractivity (Wildman–Crippen MR) is 107 cm³/mol. The number of sulfonamides is 1. The van der Waals surface area contributed by atoms with E-state index in [0.29, 0.717) is 36.0 Å². The fourth-order valence-electron chi connectivity index (χ4n) is 3.01. The van der Waals surface area contributed by atoms with Crippen molar-refractivity contribution in [3.05, 3.63) is 64.1 Å².